The van der Waals surface area contributed by atoms with Gasteiger partial charge in [0.15, 0.2) is 0 Å². The minimum atomic E-state index is -0.177. The standard InChI is InChI=1S/C9H16N2OS/c1-9(2,6-12)11(3)4-8-5-13-7-10-8/h5,7,12H,4,6H2,1-3H3. The Balaban J connectivity index is 2.55. The zero-order valence-electron chi connectivity index (χ0n) is 8.32. The zero-order valence-corrected chi connectivity index (χ0v) is 9.14. The van der Waals surface area contributed by atoms with E-state index in [0.29, 0.717) is 0 Å². The highest BCUT2D eigenvalue weighted by molar-refractivity contribution is 7.07. The van der Waals surface area contributed by atoms with Crippen LogP contribution in [-0.2, 0) is 6.54 Å². The van der Waals surface area contributed by atoms with Crippen molar-refractivity contribution >= 4 is 11.3 Å². The first-order valence-corrected chi connectivity index (χ1v) is 5.20. The van der Waals surface area contributed by atoms with Crippen molar-refractivity contribution in [1.29, 1.82) is 0 Å². The Morgan fingerprint density at radius 2 is 2.31 bits per heavy atom. The summed E-state index contributed by atoms with van der Waals surface area (Å²) in [5, 5.41) is 11.2. The Morgan fingerprint density at radius 1 is 1.62 bits per heavy atom. The lowest BCUT2D eigenvalue weighted by Crippen LogP contribution is -2.43. The Labute approximate surface area is 83.0 Å². The normalized spacial score (nSPS) is 12.4. The highest BCUT2D eigenvalue weighted by Crippen LogP contribution is 2.14. The van der Waals surface area contributed by atoms with Gasteiger partial charge in [0.1, 0.15) is 0 Å². The van der Waals surface area contributed by atoms with E-state index in [0.717, 1.165) is 12.2 Å². The zero-order chi connectivity index (χ0) is 9.90. The van der Waals surface area contributed by atoms with E-state index in [1.807, 2.05) is 31.8 Å². The molecular weight excluding hydrogens is 184 g/mol. The Bertz CT molecular complexity index is 246. The first kappa shape index (κ1) is 10.6. The van der Waals surface area contributed by atoms with Gasteiger partial charge in [0, 0.05) is 17.5 Å². The van der Waals surface area contributed by atoms with Gasteiger partial charge in [-0.25, -0.2) is 4.98 Å². The van der Waals surface area contributed by atoms with E-state index < -0.39 is 0 Å². The summed E-state index contributed by atoms with van der Waals surface area (Å²) in [7, 11) is 2.00. The lowest BCUT2D eigenvalue weighted by atomic mass is 10.1. The van der Waals surface area contributed by atoms with Crippen molar-refractivity contribution in [2.24, 2.45) is 0 Å². The number of aliphatic hydroxyl groups is 1. The summed E-state index contributed by atoms with van der Waals surface area (Å²) in [6.45, 7) is 4.98. The van der Waals surface area contributed by atoms with Crippen molar-refractivity contribution < 1.29 is 5.11 Å². The van der Waals surface area contributed by atoms with Crippen LogP contribution in [0.1, 0.15) is 19.5 Å². The van der Waals surface area contributed by atoms with Crippen LogP contribution >= 0.6 is 11.3 Å². The molecule has 0 aliphatic heterocycles. The van der Waals surface area contributed by atoms with E-state index in [1.165, 1.54) is 0 Å². The first-order valence-electron chi connectivity index (χ1n) is 4.25. The summed E-state index contributed by atoms with van der Waals surface area (Å²) >= 11 is 1.60. The van der Waals surface area contributed by atoms with Gasteiger partial charge < -0.3 is 5.11 Å². The van der Waals surface area contributed by atoms with E-state index in [4.69, 9.17) is 5.11 Å². The molecule has 1 rings (SSSR count). The molecule has 74 valence electrons. The van der Waals surface area contributed by atoms with E-state index in [9.17, 15) is 0 Å². The van der Waals surface area contributed by atoms with E-state index in [-0.39, 0.29) is 12.1 Å². The summed E-state index contributed by atoms with van der Waals surface area (Å²) in [5.74, 6) is 0. The van der Waals surface area contributed by atoms with Gasteiger partial charge in [-0.1, -0.05) is 0 Å². The van der Waals surface area contributed by atoms with Gasteiger partial charge in [-0.05, 0) is 20.9 Å². The molecule has 0 aliphatic rings. The maximum atomic E-state index is 9.13. The molecule has 13 heavy (non-hydrogen) atoms. The predicted octanol–water partition coefficient (Wildman–Crippen LogP) is 1.35. The fraction of sp³-hybridized carbons (Fsp3) is 0.667. The number of nitrogens with zero attached hydrogens (tertiary/aromatic N) is 2. The van der Waals surface area contributed by atoms with Gasteiger partial charge >= 0.3 is 0 Å². The Morgan fingerprint density at radius 3 is 2.77 bits per heavy atom. The molecule has 1 aromatic heterocycles. The number of hydrogen-bond donors (Lipinski definition) is 1. The first-order chi connectivity index (χ1) is 6.06. The quantitative estimate of drug-likeness (QED) is 0.797. The van der Waals surface area contributed by atoms with E-state index in [1.54, 1.807) is 11.3 Å². The van der Waals surface area contributed by atoms with Crippen LogP contribution in [-0.4, -0.2) is 34.2 Å². The van der Waals surface area contributed by atoms with E-state index in [2.05, 4.69) is 9.88 Å². The molecule has 0 saturated heterocycles. The third kappa shape index (κ3) is 2.76. The number of aliphatic hydroxyl groups excluding tert-OH is 1. The molecule has 0 radical (unpaired) electrons. The van der Waals surface area contributed by atoms with Crippen LogP contribution in [0.25, 0.3) is 0 Å². The SMILES string of the molecule is CN(Cc1cscn1)C(C)(C)CO. The van der Waals surface area contributed by atoms with Crippen molar-refractivity contribution in [1.82, 2.24) is 9.88 Å². The maximum absolute atomic E-state index is 9.13. The number of likely N-dealkylation sites (N-methyl/N-ethyl adjacent to an activating group) is 1. The topological polar surface area (TPSA) is 36.4 Å². The molecule has 0 aliphatic carbocycles. The van der Waals surface area contributed by atoms with Crippen LogP contribution < -0.4 is 0 Å². The molecule has 1 N–H and O–H groups in total. The van der Waals surface area contributed by atoms with Gasteiger partial charge in [-0.3, -0.25) is 4.90 Å². The largest absolute Gasteiger partial charge is 0.394 e. The second kappa shape index (κ2) is 4.17. The second-order valence-electron chi connectivity index (χ2n) is 3.81. The molecule has 0 amide bonds. The maximum Gasteiger partial charge on any atom is 0.0795 e. The van der Waals surface area contributed by atoms with Gasteiger partial charge in [-0.15, -0.1) is 11.3 Å². The average Bonchev–Trinajstić information content (AvgIpc) is 2.57. The average molecular weight is 200 g/mol. The number of rotatable bonds is 4. The van der Waals surface area contributed by atoms with Crippen molar-refractivity contribution in [2.75, 3.05) is 13.7 Å². The fourth-order valence-corrected chi connectivity index (χ4v) is 1.44. The lowest BCUT2D eigenvalue weighted by molar-refractivity contribution is 0.0726. The highest BCUT2D eigenvalue weighted by atomic mass is 32.1. The van der Waals surface area contributed by atoms with Crippen molar-refractivity contribution in [3.63, 3.8) is 0 Å². The van der Waals surface area contributed by atoms with Crippen molar-refractivity contribution in [3.05, 3.63) is 16.6 Å². The molecule has 0 aromatic carbocycles. The molecule has 0 spiro atoms. The lowest BCUT2D eigenvalue weighted by Gasteiger charge is -2.33. The van der Waals surface area contributed by atoms with Crippen LogP contribution in [0, 0.1) is 0 Å². The van der Waals surface area contributed by atoms with Crippen LogP contribution in [0.15, 0.2) is 10.9 Å². The summed E-state index contributed by atoms with van der Waals surface area (Å²) in [4.78, 5) is 6.30. The summed E-state index contributed by atoms with van der Waals surface area (Å²) in [6, 6.07) is 0. The minimum Gasteiger partial charge on any atom is -0.394 e. The van der Waals surface area contributed by atoms with Gasteiger partial charge in [0.2, 0.25) is 0 Å². The van der Waals surface area contributed by atoms with Crippen LogP contribution in [0.5, 0.6) is 0 Å². The predicted molar refractivity (Wildman–Crippen MR) is 54.7 cm³/mol. The minimum absolute atomic E-state index is 0.160. The number of hydrogen-bond acceptors (Lipinski definition) is 4. The molecule has 0 atom stereocenters. The summed E-state index contributed by atoms with van der Waals surface area (Å²) in [5.41, 5.74) is 2.72. The number of aromatic nitrogens is 1. The third-order valence-corrected chi connectivity index (χ3v) is 2.94. The Hall–Kier alpha value is -0.450. The fourth-order valence-electron chi connectivity index (χ4n) is 0.893. The number of thiazole rings is 1. The molecule has 1 aromatic rings. The molecule has 0 fully saturated rings. The molecular formula is C9H16N2OS. The molecule has 0 saturated carbocycles. The van der Waals surface area contributed by atoms with Gasteiger partial charge in [0.05, 0.1) is 17.8 Å². The highest BCUT2D eigenvalue weighted by Gasteiger charge is 2.22. The molecule has 4 heteroatoms. The summed E-state index contributed by atoms with van der Waals surface area (Å²) in [6.07, 6.45) is 0. The molecule has 1 heterocycles. The van der Waals surface area contributed by atoms with Crippen LogP contribution in [0.2, 0.25) is 0 Å². The third-order valence-electron chi connectivity index (χ3n) is 2.30. The summed E-state index contributed by atoms with van der Waals surface area (Å²) < 4.78 is 0. The van der Waals surface area contributed by atoms with Gasteiger partial charge in [0.25, 0.3) is 0 Å². The molecule has 3 nitrogen and oxygen atoms in total. The Kier molecular flexibility index (Phi) is 3.41. The van der Waals surface area contributed by atoms with Crippen molar-refractivity contribution in [2.45, 2.75) is 25.9 Å². The smallest absolute Gasteiger partial charge is 0.0795 e. The van der Waals surface area contributed by atoms with Crippen molar-refractivity contribution in [3.8, 4) is 0 Å². The van der Waals surface area contributed by atoms with Gasteiger partial charge in [-0.2, -0.15) is 0 Å². The second-order valence-corrected chi connectivity index (χ2v) is 4.53. The van der Waals surface area contributed by atoms with Crippen LogP contribution in [0.3, 0.4) is 0 Å². The molecule has 0 bridgehead atoms. The molecule has 0 unspecified atom stereocenters. The van der Waals surface area contributed by atoms with E-state index >= 15 is 0 Å². The van der Waals surface area contributed by atoms with Crippen LogP contribution in [0.4, 0.5) is 0 Å². The monoisotopic (exact) mass is 200 g/mol.